The van der Waals surface area contributed by atoms with Crippen molar-refractivity contribution in [2.24, 2.45) is 0 Å². The van der Waals surface area contributed by atoms with Gasteiger partial charge in [-0.2, -0.15) is 4.68 Å². The van der Waals surface area contributed by atoms with E-state index < -0.39 is 17.3 Å². The van der Waals surface area contributed by atoms with Gasteiger partial charge in [0.25, 0.3) is 11.5 Å². The van der Waals surface area contributed by atoms with E-state index in [0.717, 1.165) is 4.68 Å². The van der Waals surface area contributed by atoms with Crippen LogP contribution in [0, 0.1) is 5.82 Å². The number of carbonyl (C=O) groups excluding carboxylic acids is 1. The molecule has 0 saturated carbocycles. The number of amides is 1. The highest BCUT2D eigenvalue weighted by molar-refractivity contribution is 9.10. The van der Waals surface area contributed by atoms with E-state index in [9.17, 15) is 14.0 Å². The molecule has 0 saturated heterocycles. The van der Waals surface area contributed by atoms with Crippen LogP contribution in [0.3, 0.4) is 0 Å². The van der Waals surface area contributed by atoms with Crippen LogP contribution in [-0.2, 0) is 0 Å². The number of methoxy groups -OCH3 is 1. The van der Waals surface area contributed by atoms with Crippen LogP contribution in [0.15, 0.2) is 69.9 Å². The molecular weight excluding hydrogens is 489 g/mol. The van der Waals surface area contributed by atoms with E-state index >= 15 is 0 Å². The minimum Gasteiger partial charge on any atom is -0.497 e. The topological polar surface area (TPSA) is 73.2 Å². The van der Waals surface area contributed by atoms with Gasteiger partial charge in [-0.05, 0) is 76.6 Å². The molecule has 0 spiro atoms. The van der Waals surface area contributed by atoms with Gasteiger partial charge in [-0.1, -0.05) is 11.6 Å². The number of aromatic nitrogens is 2. The molecule has 156 valence electrons. The van der Waals surface area contributed by atoms with Crippen LogP contribution >= 0.6 is 27.5 Å². The Hall–Kier alpha value is -3.23. The fraction of sp³-hybridized carbons (Fsp3) is 0.0455. The van der Waals surface area contributed by atoms with Gasteiger partial charge in [-0.3, -0.25) is 15.0 Å². The van der Waals surface area contributed by atoms with Crippen LogP contribution in [0.2, 0.25) is 5.02 Å². The first kappa shape index (κ1) is 21.0. The number of benzene rings is 3. The third-order valence-corrected chi connectivity index (χ3v) is 5.49. The van der Waals surface area contributed by atoms with Gasteiger partial charge < -0.3 is 4.74 Å². The zero-order chi connectivity index (χ0) is 22.1. The predicted octanol–water partition coefficient (Wildman–Crippen LogP) is 5.01. The van der Waals surface area contributed by atoms with Gasteiger partial charge in [0.15, 0.2) is 5.82 Å². The van der Waals surface area contributed by atoms with E-state index in [1.54, 1.807) is 24.3 Å². The Morgan fingerprint density at radius 3 is 2.58 bits per heavy atom. The van der Waals surface area contributed by atoms with Gasteiger partial charge in [0.1, 0.15) is 11.6 Å². The van der Waals surface area contributed by atoms with E-state index in [1.165, 1.54) is 43.5 Å². The monoisotopic (exact) mass is 501 g/mol. The first-order chi connectivity index (χ1) is 14.9. The minimum atomic E-state index is -0.564. The van der Waals surface area contributed by atoms with Crippen LogP contribution in [0.5, 0.6) is 5.75 Å². The Bertz CT molecular complexity index is 1370. The van der Waals surface area contributed by atoms with Gasteiger partial charge in [0, 0.05) is 15.1 Å². The third kappa shape index (κ3) is 4.17. The van der Waals surface area contributed by atoms with Gasteiger partial charge in [-0.25, -0.2) is 9.37 Å². The van der Waals surface area contributed by atoms with Crippen LogP contribution in [0.4, 0.5) is 4.39 Å². The quantitative estimate of drug-likeness (QED) is 0.426. The zero-order valence-corrected chi connectivity index (χ0v) is 18.4. The summed E-state index contributed by atoms with van der Waals surface area (Å²) in [6, 6.07) is 15.0. The molecule has 31 heavy (non-hydrogen) atoms. The predicted molar refractivity (Wildman–Crippen MR) is 121 cm³/mol. The maximum atomic E-state index is 13.4. The number of fused-ring (bicyclic) bond motifs is 1. The molecule has 4 aromatic rings. The van der Waals surface area contributed by atoms with Gasteiger partial charge in [0.05, 0.1) is 23.6 Å². The van der Waals surface area contributed by atoms with Crippen LogP contribution < -0.4 is 15.7 Å². The smallest absolute Gasteiger partial charge is 0.280 e. The highest BCUT2D eigenvalue weighted by atomic mass is 79.9. The van der Waals surface area contributed by atoms with Crippen molar-refractivity contribution in [1.29, 1.82) is 0 Å². The number of nitrogens with zero attached hydrogens (tertiary/aromatic N) is 2. The minimum absolute atomic E-state index is 0.132. The number of ether oxygens (including phenoxy) is 1. The highest BCUT2D eigenvalue weighted by Crippen LogP contribution is 2.24. The van der Waals surface area contributed by atoms with Crippen molar-refractivity contribution in [1.82, 2.24) is 9.66 Å². The molecule has 1 heterocycles. The fourth-order valence-electron chi connectivity index (χ4n) is 3.02. The number of hydrogen-bond donors (Lipinski definition) is 1. The maximum Gasteiger partial charge on any atom is 0.280 e. The molecular formula is C22H14BrClFN3O3. The molecule has 1 N–H and O–H groups in total. The number of carbonyl (C=O) groups is 1. The fourth-order valence-corrected chi connectivity index (χ4v) is 3.62. The Morgan fingerprint density at radius 2 is 1.87 bits per heavy atom. The summed E-state index contributed by atoms with van der Waals surface area (Å²) in [5.41, 5.74) is 3.14. The number of hydrogen-bond acceptors (Lipinski definition) is 4. The number of halogens is 3. The standard InChI is InChI=1S/C22H14BrClFN3O3/c1-31-15-7-9-18(23)17(11-15)21(29)27-28-20(12-2-5-14(25)6-3-12)26-19-10-13(24)4-8-16(19)22(28)30/h2-11H,1H3,(H,27,29). The Balaban J connectivity index is 1.89. The molecule has 0 aliphatic carbocycles. The van der Waals surface area contributed by atoms with Crippen molar-refractivity contribution < 1.29 is 13.9 Å². The second-order valence-corrected chi connectivity index (χ2v) is 7.82. The molecule has 0 unspecified atom stereocenters. The average Bonchev–Trinajstić information content (AvgIpc) is 2.76. The highest BCUT2D eigenvalue weighted by Gasteiger charge is 2.18. The van der Waals surface area contributed by atoms with Gasteiger partial charge in [0.2, 0.25) is 0 Å². The first-order valence-electron chi connectivity index (χ1n) is 9.00. The summed E-state index contributed by atoms with van der Waals surface area (Å²) in [6.45, 7) is 0. The van der Waals surface area contributed by atoms with Gasteiger partial charge in [-0.15, -0.1) is 0 Å². The van der Waals surface area contributed by atoms with Crippen molar-refractivity contribution in [3.63, 3.8) is 0 Å². The summed E-state index contributed by atoms with van der Waals surface area (Å²) in [5.74, 6) is -0.393. The first-order valence-corrected chi connectivity index (χ1v) is 10.2. The maximum absolute atomic E-state index is 13.4. The van der Waals surface area contributed by atoms with E-state index in [0.29, 0.717) is 26.3 Å². The molecule has 0 bridgehead atoms. The van der Waals surface area contributed by atoms with Crippen molar-refractivity contribution in [2.75, 3.05) is 12.5 Å². The summed E-state index contributed by atoms with van der Waals surface area (Å²) >= 11 is 9.39. The molecule has 1 amide bonds. The number of nitrogens with one attached hydrogen (secondary N) is 1. The molecule has 0 atom stereocenters. The lowest BCUT2D eigenvalue weighted by molar-refractivity contribution is 0.101. The largest absolute Gasteiger partial charge is 0.497 e. The molecule has 9 heteroatoms. The van der Waals surface area contributed by atoms with Gasteiger partial charge >= 0.3 is 0 Å². The van der Waals surface area contributed by atoms with Crippen LogP contribution in [0.25, 0.3) is 22.3 Å². The normalized spacial score (nSPS) is 10.8. The summed E-state index contributed by atoms with van der Waals surface area (Å²) in [6.07, 6.45) is 0. The number of rotatable bonds is 4. The lowest BCUT2D eigenvalue weighted by atomic mass is 10.2. The average molecular weight is 503 g/mol. The molecule has 4 rings (SSSR count). The molecule has 0 fully saturated rings. The summed E-state index contributed by atoms with van der Waals surface area (Å²) in [4.78, 5) is 30.8. The van der Waals surface area contributed by atoms with E-state index in [-0.39, 0.29) is 16.8 Å². The lowest BCUT2D eigenvalue weighted by Gasteiger charge is -2.15. The SMILES string of the molecule is COc1ccc(Br)c(C(=O)Nn2c(-c3ccc(F)cc3)nc3cc(Cl)ccc3c2=O)c1. The second kappa shape index (κ2) is 8.49. The Labute approximate surface area is 189 Å². The third-order valence-electron chi connectivity index (χ3n) is 4.57. The summed E-state index contributed by atoms with van der Waals surface area (Å²) in [5, 5.41) is 0.673. The Kier molecular flexibility index (Phi) is 5.75. The zero-order valence-electron chi connectivity index (χ0n) is 16.0. The lowest BCUT2D eigenvalue weighted by Crippen LogP contribution is -2.35. The molecule has 0 radical (unpaired) electrons. The molecule has 0 aliphatic heterocycles. The molecule has 1 aromatic heterocycles. The summed E-state index contributed by atoms with van der Waals surface area (Å²) < 4.78 is 20.2. The van der Waals surface area contributed by atoms with Crippen molar-refractivity contribution in [3.05, 3.63) is 91.9 Å². The van der Waals surface area contributed by atoms with Crippen molar-refractivity contribution >= 4 is 44.3 Å². The Morgan fingerprint density at radius 1 is 1.13 bits per heavy atom. The van der Waals surface area contributed by atoms with E-state index in [4.69, 9.17) is 16.3 Å². The van der Waals surface area contributed by atoms with Crippen molar-refractivity contribution in [3.8, 4) is 17.1 Å². The molecule has 6 nitrogen and oxygen atoms in total. The molecule has 3 aromatic carbocycles. The van der Waals surface area contributed by atoms with E-state index in [2.05, 4.69) is 26.3 Å². The van der Waals surface area contributed by atoms with E-state index in [1.807, 2.05) is 0 Å². The second-order valence-electron chi connectivity index (χ2n) is 6.53. The molecule has 0 aliphatic rings. The van der Waals surface area contributed by atoms with Crippen LogP contribution in [0.1, 0.15) is 10.4 Å². The van der Waals surface area contributed by atoms with Crippen LogP contribution in [-0.4, -0.2) is 22.7 Å². The summed E-state index contributed by atoms with van der Waals surface area (Å²) in [7, 11) is 1.49. The van der Waals surface area contributed by atoms with Crippen molar-refractivity contribution in [2.45, 2.75) is 0 Å².